The van der Waals surface area contributed by atoms with Crippen molar-refractivity contribution in [3.05, 3.63) is 29.8 Å². The number of rotatable bonds is 22. The van der Waals surface area contributed by atoms with Crippen LogP contribution in [-0.4, -0.2) is 180 Å². The largest absolute Gasteiger partial charge is 0.484 e. The molecule has 0 bridgehead atoms. The number of aliphatic hydroxyl groups excluding tert-OH is 5. The zero-order valence-electron chi connectivity index (χ0n) is 23.9. The number of aliphatic carboxylic acids is 4. The van der Waals surface area contributed by atoms with Gasteiger partial charge in [-0.05, 0) is 24.1 Å². The lowest BCUT2D eigenvalue weighted by Gasteiger charge is -2.33. The van der Waals surface area contributed by atoms with Gasteiger partial charge in [0.05, 0.1) is 32.8 Å². The number of carboxylic acids is 4. The summed E-state index contributed by atoms with van der Waals surface area (Å²) in [6, 6.07) is 5.04. The molecule has 5 unspecified atom stereocenters. The normalized spacial score (nSPS) is 14.8. The van der Waals surface area contributed by atoms with Crippen molar-refractivity contribution in [1.29, 1.82) is 0 Å². The summed E-state index contributed by atoms with van der Waals surface area (Å²) in [6.07, 6.45) is -7.07. The van der Waals surface area contributed by atoms with Gasteiger partial charge in [-0.2, -0.15) is 0 Å². The van der Waals surface area contributed by atoms with Crippen molar-refractivity contribution in [3.63, 3.8) is 0 Å². The van der Waals surface area contributed by atoms with E-state index in [0.29, 0.717) is 5.56 Å². The highest BCUT2D eigenvalue weighted by atomic mass is 16.5. The highest BCUT2D eigenvalue weighted by molar-refractivity contribution is 5.77. The number of aliphatic hydroxyl groups is 5. The molecule has 0 heterocycles. The summed E-state index contributed by atoms with van der Waals surface area (Å²) in [6.45, 7) is -4.89. The smallest absolute Gasteiger partial charge is 0.317 e. The molecule has 18 heteroatoms. The van der Waals surface area contributed by atoms with E-state index >= 15 is 0 Å². The minimum atomic E-state index is -1.86. The van der Waals surface area contributed by atoms with Crippen molar-refractivity contribution < 1.29 is 74.7 Å². The van der Waals surface area contributed by atoms with Crippen molar-refractivity contribution in [2.45, 2.75) is 36.9 Å². The Labute approximate surface area is 251 Å². The minimum absolute atomic E-state index is 0.00467. The maximum atomic E-state index is 12.4. The number of nitrogens with zero attached hydrogens (tertiary/aromatic N) is 3. The summed E-state index contributed by atoms with van der Waals surface area (Å²) < 4.78 is 5.44. The molecule has 0 spiro atoms. The Morgan fingerprint density at radius 3 is 1.66 bits per heavy atom. The van der Waals surface area contributed by atoms with Gasteiger partial charge in [-0.25, -0.2) is 0 Å². The predicted octanol–water partition coefficient (Wildman–Crippen LogP) is -4.19. The van der Waals surface area contributed by atoms with Gasteiger partial charge in [-0.1, -0.05) is 12.1 Å². The summed E-state index contributed by atoms with van der Waals surface area (Å²) in [5.74, 6) is -5.79. The third kappa shape index (κ3) is 14.0. The third-order valence-electron chi connectivity index (χ3n) is 6.35. The maximum absolute atomic E-state index is 12.4. The predicted molar refractivity (Wildman–Crippen MR) is 147 cm³/mol. The van der Waals surface area contributed by atoms with Crippen LogP contribution in [0.4, 0.5) is 0 Å². The van der Waals surface area contributed by atoms with Crippen LogP contribution in [0, 0.1) is 0 Å². The molecule has 0 aromatic heterocycles. The van der Waals surface area contributed by atoms with E-state index < -0.39 is 106 Å². The molecule has 0 aliphatic rings. The summed E-state index contributed by atoms with van der Waals surface area (Å²) >= 11 is 0. The second kappa shape index (κ2) is 18.7. The molecule has 1 rings (SSSR count). The van der Waals surface area contributed by atoms with Gasteiger partial charge < -0.3 is 55.6 Å². The van der Waals surface area contributed by atoms with Gasteiger partial charge in [0.2, 0.25) is 0 Å². The van der Waals surface area contributed by atoms with Crippen LogP contribution in [0.1, 0.15) is 5.56 Å². The number of hydrogen-bond donors (Lipinski definition) is 9. The van der Waals surface area contributed by atoms with Crippen molar-refractivity contribution >= 4 is 29.8 Å². The van der Waals surface area contributed by atoms with E-state index in [1.54, 1.807) is 0 Å². The second-order valence-electron chi connectivity index (χ2n) is 10.0. The van der Waals surface area contributed by atoms with E-state index in [2.05, 4.69) is 0 Å². The van der Waals surface area contributed by atoms with Gasteiger partial charge in [0.15, 0.2) is 6.61 Å². The van der Waals surface area contributed by atoms with Gasteiger partial charge >= 0.3 is 23.9 Å². The van der Waals surface area contributed by atoms with E-state index in [4.69, 9.17) is 9.84 Å². The third-order valence-corrected chi connectivity index (χ3v) is 6.35. The lowest BCUT2D eigenvalue weighted by Crippen LogP contribution is -2.50. The van der Waals surface area contributed by atoms with Crippen LogP contribution in [0.3, 0.4) is 0 Å². The molecule has 0 saturated carbocycles. The Kier molecular flexibility index (Phi) is 16.2. The number of amides is 1. The SMILES string of the molecule is CN(CC(O)C(O)C(O)C(O)CO)C(=O)COc1ccc(CC(CN(CC(=O)O)CC(=O)O)N(CC(=O)O)CC(=O)O)cc1. The summed E-state index contributed by atoms with van der Waals surface area (Å²) in [5, 5.41) is 84.9. The first-order valence-corrected chi connectivity index (χ1v) is 13.2. The van der Waals surface area contributed by atoms with Crippen LogP contribution in [0.25, 0.3) is 0 Å². The average Bonchev–Trinajstić information content (AvgIpc) is 2.93. The highest BCUT2D eigenvalue weighted by Crippen LogP contribution is 2.17. The van der Waals surface area contributed by atoms with E-state index in [-0.39, 0.29) is 18.7 Å². The van der Waals surface area contributed by atoms with Crippen molar-refractivity contribution in [2.24, 2.45) is 0 Å². The molecule has 9 N–H and O–H groups in total. The lowest BCUT2D eigenvalue weighted by atomic mass is 10.0. The van der Waals surface area contributed by atoms with Crippen LogP contribution in [-0.2, 0) is 30.4 Å². The standard InChI is InChI=1S/C26H39N3O15/c1-27(8-18(31)25(42)26(43)19(32)13-30)20(33)14-44-17-4-2-15(3-5-17)6-16(29(11-23(38)39)12-24(40)41)7-28(9-21(34)35)10-22(36)37/h2-5,16,18-19,25-26,30-32,42-43H,6-14H2,1H3,(H,34,35)(H,36,37)(H,38,39)(H,40,41). The summed E-state index contributed by atoms with van der Waals surface area (Å²) in [7, 11) is 1.29. The molecule has 1 aromatic rings. The lowest BCUT2D eigenvalue weighted by molar-refractivity contribution is -0.146. The molecule has 5 atom stereocenters. The summed E-state index contributed by atoms with van der Waals surface area (Å²) in [5.41, 5.74) is 0.526. The van der Waals surface area contributed by atoms with Crippen LogP contribution < -0.4 is 4.74 Å². The molecule has 248 valence electrons. The van der Waals surface area contributed by atoms with Gasteiger partial charge in [-0.3, -0.25) is 33.8 Å². The second-order valence-corrected chi connectivity index (χ2v) is 10.0. The zero-order valence-corrected chi connectivity index (χ0v) is 23.9. The van der Waals surface area contributed by atoms with Gasteiger partial charge in [0.25, 0.3) is 5.91 Å². The Hall–Kier alpha value is -3.91. The van der Waals surface area contributed by atoms with E-state index in [0.717, 1.165) is 14.7 Å². The monoisotopic (exact) mass is 633 g/mol. The molecule has 44 heavy (non-hydrogen) atoms. The van der Waals surface area contributed by atoms with Crippen LogP contribution in [0.15, 0.2) is 24.3 Å². The van der Waals surface area contributed by atoms with E-state index in [1.165, 1.54) is 31.3 Å². The van der Waals surface area contributed by atoms with E-state index in [1.807, 2.05) is 0 Å². The fourth-order valence-electron chi connectivity index (χ4n) is 4.14. The minimum Gasteiger partial charge on any atom is -0.484 e. The number of benzene rings is 1. The quantitative estimate of drug-likeness (QED) is 0.0585. The van der Waals surface area contributed by atoms with Crippen molar-refractivity contribution in [1.82, 2.24) is 14.7 Å². The fourth-order valence-corrected chi connectivity index (χ4v) is 4.14. The molecule has 0 radical (unpaired) electrons. The average molecular weight is 634 g/mol. The number of carboxylic acid groups (broad SMARTS) is 4. The van der Waals surface area contributed by atoms with Crippen molar-refractivity contribution in [3.8, 4) is 5.75 Å². The van der Waals surface area contributed by atoms with Gasteiger partial charge in [0, 0.05) is 26.2 Å². The molecular weight excluding hydrogens is 594 g/mol. The van der Waals surface area contributed by atoms with E-state index in [9.17, 15) is 64.8 Å². The van der Waals surface area contributed by atoms with Crippen LogP contribution >= 0.6 is 0 Å². The number of hydrogen-bond acceptors (Lipinski definition) is 13. The highest BCUT2D eigenvalue weighted by Gasteiger charge is 2.31. The Morgan fingerprint density at radius 1 is 0.727 bits per heavy atom. The Bertz CT molecular complexity index is 1070. The number of ether oxygens (including phenoxy) is 1. The van der Waals surface area contributed by atoms with Gasteiger partial charge in [0.1, 0.15) is 30.2 Å². The molecular formula is C26H39N3O15. The maximum Gasteiger partial charge on any atom is 0.317 e. The molecule has 0 saturated heterocycles. The topological polar surface area (TPSA) is 286 Å². The summed E-state index contributed by atoms with van der Waals surface area (Å²) in [4.78, 5) is 60.9. The number of carbonyl (C=O) groups excluding carboxylic acids is 1. The van der Waals surface area contributed by atoms with Crippen LogP contribution in [0.2, 0.25) is 0 Å². The molecule has 1 aromatic carbocycles. The zero-order chi connectivity index (χ0) is 33.6. The number of carbonyl (C=O) groups is 5. The fraction of sp³-hybridized carbons (Fsp3) is 0.577. The van der Waals surface area contributed by atoms with Crippen molar-refractivity contribution in [2.75, 3.05) is 59.5 Å². The molecule has 0 aliphatic heterocycles. The first kappa shape index (κ1) is 38.1. The first-order chi connectivity index (χ1) is 20.5. The molecule has 1 amide bonds. The first-order valence-electron chi connectivity index (χ1n) is 13.2. The Balaban J connectivity index is 2.96. The number of likely N-dealkylation sites (N-methyl/N-ethyl adjacent to an activating group) is 1. The molecule has 18 nitrogen and oxygen atoms in total. The molecule has 0 fully saturated rings. The Morgan fingerprint density at radius 2 is 1.20 bits per heavy atom. The van der Waals surface area contributed by atoms with Gasteiger partial charge in [-0.15, -0.1) is 0 Å². The van der Waals surface area contributed by atoms with Crippen LogP contribution in [0.5, 0.6) is 5.75 Å². The molecule has 0 aliphatic carbocycles.